The molecule has 1 aromatic carbocycles. The van der Waals surface area contributed by atoms with Gasteiger partial charge in [-0.25, -0.2) is 4.79 Å². The second kappa shape index (κ2) is 9.31. The summed E-state index contributed by atoms with van der Waals surface area (Å²) in [5.74, 6) is 0.409. The maximum atomic E-state index is 12.4. The Bertz CT molecular complexity index is 899. The van der Waals surface area contributed by atoms with Gasteiger partial charge < -0.3 is 19.0 Å². The van der Waals surface area contributed by atoms with E-state index in [0.717, 1.165) is 12.8 Å². The number of hydrogen-bond acceptors (Lipinski definition) is 5. The van der Waals surface area contributed by atoms with Crippen molar-refractivity contribution in [2.75, 3.05) is 6.61 Å². The van der Waals surface area contributed by atoms with Gasteiger partial charge in [0.2, 0.25) is 5.75 Å². The van der Waals surface area contributed by atoms with E-state index in [-0.39, 0.29) is 29.8 Å². The quantitative estimate of drug-likeness (QED) is 0.499. The Labute approximate surface area is 159 Å². The number of aromatic hydroxyl groups is 1. The Balaban J connectivity index is 2.26. The van der Waals surface area contributed by atoms with Crippen molar-refractivity contribution in [3.05, 3.63) is 51.9 Å². The Morgan fingerprint density at radius 2 is 1.93 bits per heavy atom. The third-order valence-corrected chi connectivity index (χ3v) is 3.91. The van der Waals surface area contributed by atoms with Crippen molar-refractivity contribution < 1.29 is 19.0 Å². The number of fused-ring (bicyclic) bond motifs is 1. The topological polar surface area (TPSA) is 68.9 Å². The molecule has 0 aliphatic heterocycles. The molecule has 0 spiro atoms. The lowest BCUT2D eigenvalue weighted by molar-refractivity contribution is 0.224. The van der Waals surface area contributed by atoms with Gasteiger partial charge in [0.15, 0.2) is 5.75 Å². The number of hydrogen-bond donors (Lipinski definition) is 1. The van der Waals surface area contributed by atoms with E-state index in [1.54, 1.807) is 6.07 Å². The molecule has 2 rings (SSSR count). The second-order valence-corrected chi connectivity index (χ2v) is 7.08. The highest BCUT2D eigenvalue weighted by Gasteiger charge is 2.19. The number of phenolic OH excluding ortho intramolecular Hbond substituents is 1. The van der Waals surface area contributed by atoms with Crippen LogP contribution in [0.1, 0.15) is 47.5 Å². The van der Waals surface area contributed by atoms with E-state index in [0.29, 0.717) is 11.1 Å². The average molecular weight is 372 g/mol. The fourth-order valence-corrected chi connectivity index (χ4v) is 2.58. The first-order valence-corrected chi connectivity index (χ1v) is 9.16. The van der Waals surface area contributed by atoms with E-state index in [9.17, 15) is 9.90 Å². The van der Waals surface area contributed by atoms with Crippen molar-refractivity contribution in [3.8, 4) is 17.2 Å². The van der Waals surface area contributed by atoms with Gasteiger partial charge in [-0.05, 0) is 65.7 Å². The summed E-state index contributed by atoms with van der Waals surface area (Å²) in [7, 11) is 0. The molecule has 1 aromatic heterocycles. The molecule has 5 nitrogen and oxygen atoms in total. The number of phenols is 1. The van der Waals surface area contributed by atoms with E-state index in [2.05, 4.69) is 19.9 Å². The van der Waals surface area contributed by atoms with Gasteiger partial charge in [0.25, 0.3) is 0 Å². The van der Waals surface area contributed by atoms with Crippen molar-refractivity contribution >= 4 is 11.0 Å². The Morgan fingerprint density at radius 3 is 2.59 bits per heavy atom. The molecule has 1 heterocycles. The maximum absolute atomic E-state index is 12.4. The first-order valence-electron chi connectivity index (χ1n) is 9.16. The molecule has 0 fully saturated rings. The molecular formula is C22H28O5. The van der Waals surface area contributed by atoms with Crippen molar-refractivity contribution in [2.24, 2.45) is 0 Å². The number of benzene rings is 1. The maximum Gasteiger partial charge on any atom is 0.383 e. The van der Waals surface area contributed by atoms with Gasteiger partial charge >= 0.3 is 5.63 Å². The molecule has 0 saturated carbocycles. The van der Waals surface area contributed by atoms with Crippen LogP contribution in [0, 0.1) is 0 Å². The van der Waals surface area contributed by atoms with Crippen molar-refractivity contribution in [3.63, 3.8) is 0 Å². The van der Waals surface area contributed by atoms with Crippen LogP contribution in [-0.4, -0.2) is 17.8 Å². The van der Waals surface area contributed by atoms with Crippen LogP contribution in [-0.2, 0) is 0 Å². The number of allylic oxidation sites excluding steroid dienone is 3. The standard InChI is InChI=1S/C22H28O5/c1-14(2)7-6-8-16(5)11-12-25-21-20(26-15(3)4)18-10-9-17(23)13-19(18)27-22(21)24/h7,9-11,13,15,23H,6,8,12H2,1-5H3. The molecule has 146 valence electrons. The first-order chi connectivity index (χ1) is 12.8. The fraction of sp³-hybridized carbons (Fsp3) is 0.409. The zero-order valence-corrected chi connectivity index (χ0v) is 16.7. The highest BCUT2D eigenvalue weighted by atomic mass is 16.5. The molecule has 0 amide bonds. The van der Waals surface area contributed by atoms with Gasteiger partial charge in [-0.2, -0.15) is 0 Å². The summed E-state index contributed by atoms with van der Waals surface area (Å²) in [6.07, 6.45) is 5.93. The van der Waals surface area contributed by atoms with Crippen LogP contribution in [0.2, 0.25) is 0 Å². The van der Waals surface area contributed by atoms with E-state index >= 15 is 0 Å². The lowest BCUT2D eigenvalue weighted by Crippen LogP contribution is -2.14. The zero-order chi connectivity index (χ0) is 20.0. The van der Waals surface area contributed by atoms with Crippen LogP contribution in [0.5, 0.6) is 17.2 Å². The molecule has 0 atom stereocenters. The smallest absolute Gasteiger partial charge is 0.383 e. The van der Waals surface area contributed by atoms with Crippen molar-refractivity contribution in [1.29, 1.82) is 0 Å². The molecule has 0 aliphatic rings. The Hall–Kier alpha value is -2.69. The van der Waals surface area contributed by atoms with Crippen LogP contribution in [0.25, 0.3) is 11.0 Å². The minimum absolute atomic E-state index is 0.0183. The number of ether oxygens (including phenoxy) is 2. The van der Waals surface area contributed by atoms with E-state index in [1.165, 1.54) is 23.3 Å². The van der Waals surface area contributed by atoms with Gasteiger partial charge in [-0.3, -0.25) is 0 Å². The predicted molar refractivity (Wildman–Crippen MR) is 108 cm³/mol. The zero-order valence-electron chi connectivity index (χ0n) is 16.7. The summed E-state index contributed by atoms with van der Waals surface area (Å²) >= 11 is 0. The molecular weight excluding hydrogens is 344 g/mol. The summed E-state index contributed by atoms with van der Waals surface area (Å²) in [4.78, 5) is 12.4. The predicted octanol–water partition coefficient (Wildman–Crippen LogP) is 5.36. The molecule has 0 aliphatic carbocycles. The van der Waals surface area contributed by atoms with Gasteiger partial charge in [0.05, 0.1) is 11.5 Å². The van der Waals surface area contributed by atoms with Gasteiger partial charge in [-0.1, -0.05) is 17.2 Å². The Kier molecular flexibility index (Phi) is 7.11. The summed E-state index contributed by atoms with van der Waals surface area (Å²) in [5.41, 5.74) is 2.12. The highest BCUT2D eigenvalue weighted by Crippen LogP contribution is 2.35. The lowest BCUT2D eigenvalue weighted by atomic mass is 10.1. The van der Waals surface area contributed by atoms with Gasteiger partial charge in [0, 0.05) is 6.07 Å². The van der Waals surface area contributed by atoms with Crippen LogP contribution in [0.4, 0.5) is 0 Å². The molecule has 2 aromatic rings. The van der Waals surface area contributed by atoms with Crippen LogP contribution >= 0.6 is 0 Å². The molecule has 0 unspecified atom stereocenters. The fourth-order valence-electron chi connectivity index (χ4n) is 2.58. The van der Waals surface area contributed by atoms with E-state index in [4.69, 9.17) is 13.9 Å². The summed E-state index contributed by atoms with van der Waals surface area (Å²) in [5, 5.41) is 10.2. The second-order valence-electron chi connectivity index (χ2n) is 7.08. The highest BCUT2D eigenvalue weighted by molar-refractivity contribution is 5.86. The monoisotopic (exact) mass is 372 g/mol. The minimum Gasteiger partial charge on any atom is -0.508 e. The molecule has 5 heteroatoms. The van der Waals surface area contributed by atoms with Crippen molar-refractivity contribution in [1.82, 2.24) is 0 Å². The first kappa shape index (κ1) is 20.6. The third-order valence-electron chi connectivity index (χ3n) is 3.91. The molecule has 0 saturated heterocycles. The van der Waals surface area contributed by atoms with Crippen LogP contribution in [0.15, 0.2) is 50.7 Å². The molecule has 27 heavy (non-hydrogen) atoms. The normalized spacial score (nSPS) is 11.7. The van der Waals surface area contributed by atoms with Crippen LogP contribution in [0.3, 0.4) is 0 Å². The molecule has 0 bridgehead atoms. The van der Waals surface area contributed by atoms with E-state index in [1.807, 2.05) is 26.8 Å². The molecule has 1 N–H and O–H groups in total. The minimum atomic E-state index is -0.626. The third kappa shape index (κ3) is 5.91. The Morgan fingerprint density at radius 1 is 1.19 bits per heavy atom. The number of rotatable bonds is 8. The van der Waals surface area contributed by atoms with Crippen LogP contribution < -0.4 is 15.1 Å². The SMILES string of the molecule is CC(C)=CCCC(C)=CCOc1c(OC(C)C)c2ccc(O)cc2oc1=O. The van der Waals surface area contributed by atoms with Crippen molar-refractivity contribution in [2.45, 2.75) is 53.6 Å². The van der Waals surface area contributed by atoms with Gasteiger partial charge in [0.1, 0.15) is 17.9 Å². The van der Waals surface area contributed by atoms with E-state index < -0.39 is 5.63 Å². The lowest BCUT2D eigenvalue weighted by Gasteiger charge is -2.15. The molecule has 0 radical (unpaired) electrons. The summed E-state index contributed by atoms with van der Waals surface area (Å²) < 4.78 is 16.8. The average Bonchev–Trinajstić information content (AvgIpc) is 2.56. The summed E-state index contributed by atoms with van der Waals surface area (Å²) in [6, 6.07) is 4.56. The largest absolute Gasteiger partial charge is 0.508 e. The van der Waals surface area contributed by atoms with Gasteiger partial charge in [-0.15, -0.1) is 0 Å². The summed E-state index contributed by atoms with van der Waals surface area (Å²) in [6.45, 7) is 10.2.